The van der Waals surface area contributed by atoms with E-state index in [2.05, 4.69) is 13.8 Å². The molecule has 5 atom stereocenters. The van der Waals surface area contributed by atoms with Gasteiger partial charge in [0.2, 0.25) is 0 Å². The van der Waals surface area contributed by atoms with E-state index in [1.807, 2.05) is 0 Å². The minimum Gasteiger partial charge on any atom is -0.481 e. The average molecular weight is 350 g/mol. The predicted octanol–water partition coefficient (Wildman–Crippen LogP) is 3.60. The summed E-state index contributed by atoms with van der Waals surface area (Å²) in [6.45, 7) is 6.28. The van der Waals surface area contributed by atoms with Gasteiger partial charge in [0.05, 0.1) is 12.0 Å². The molecule has 25 heavy (non-hydrogen) atoms. The Bertz CT molecular complexity index is 599. The van der Waals surface area contributed by atoms with E-state index in [0.29, 0.717) is 31.8 Å². The van der Waals surface area contributed by atoms with Gasteiger partial charge in [-0.05, 0) is 49.4 Å². The third-order valence-electron chi connectivity index (χ3n) is 7.70. The molecule has 1 N–H and O–H groups in total. The first-order chi connectivity index (χ1) is 11.6. The van der Waals surface area contributed by atoms with Crippen molar-refractivity contribution in [3.8, 4) is 0 Å². The van der Waals surface area contributed by atoms with Crippen LogP contribution >= 0.6 is 0 Å². The minimum absolute atomic E-state index is 0.0332. The summed E-state index contributed by atoms with van der Waals surface area (Å²) in [7, 11) is 0. The number of Topliss-reactive ketones (excluding diaryl/α,β-unsaturated/α-hetero) is 1. The molecule has 0 unspecified atom stereocenters. The molecule has 0 saturated heterocycles. The van der Waals surface area contributed by atoms with Gasteiger partial charge in [-0.2, -0.15) is 0 Å². The van der Waals surface area contributed by atoms with Crippen molar-refractivity contribution in [3.05, 3.63) is 0 Å². The fraction of sp³-hybridized carbons (Fsp3) is 0.850. The van der Waals surface area contributed by atoms with Crippen molar-refractivity contribution in [3.63, 3.8) is 0 Å². The Hall–Kier alpha value is -1.39. The first-order valence-corrected chi connectivity index (χ1v) is 9.52. The highest BCUT2D eigenvalue weighted by atomic mass is 16.5. The van der Waals surface area contributed by atoms with Gasteiger partial charge in [-0.3, -0.25) is 14.4 Å². The quantitative estimate of drug-likeness (QED) is 0.787. The zero-order valence-electron chi connectivity index (χ0n) is 15.6. The third kappa shape index (κ3) is 2.80. The number of esters is 1. The number of carboxylic acid groups (broad SMARTS) is 1. The van der Waals surface area contributed by atoms with E-state index in [-0.39, 0.29) is 34.9 Å². The largest absolute Gasteiger partial charge is 0.481 e. The highest BCUT2D eigenvalue weighted by Crippen LogP contribution is 2.67. The van der Waals surface area contributed by atoms with E-state index < -0.39 is 11.4 Å². The zero-order valence-corrected chi connectivity index (χ0v) is 15.6. The number of fused-ring (bicyclic) bond motifs is 3. The molecular weight excluding hydrogens is 320 g/mol. The number of carbonyl (C=O) groups is 3. The Morgan fingerprint density at radius 2 is 1.88 bits per heavy atom. The molecule has 0 heterocycles. The number of hydrogen-bond donors (Lipinski definition) is 1. The maximum absolute atomic E-state index is 12.2. The summed E-state index contributed by atoms with van der Waals surface area (Å²) in [6.07, 6.45) is 5.76. The maximum Gasteiger partial charge on any atom is 0.310 e. The van der Waals surface area contributed by atoms with Gasteiger partial charge in [-0.25, -0.2) is 0 Å². The molecule has 0 spiro atoms. The second kappa shape index (κ2) is 6.10. The fourth-order valence-corrected chi connectivity index (χ4v) is 6.65. The smallest absolute Gasteiger partial charge is 0.310 e. The fourth-order valence-electron chi connectivity index (χ4n) is 6.65. The van der Waals surface area contributed by atoms with Crippen LogP contribution in [-0.2, 0) is 19.1 Å². The van der Waals surface area contributed by atoms with E-state index in [1.54, 1.807) is 0 Å². The van der Waals surface area contributed by atoms with Gasteiger partial charge in [-0.1, -0.05) is 20.3 Å². The lowest BCUT2D eigenvalue weighted by atomic mass is 9.40. The molecule has 5 heteroatoms. The molecule has 3 aliphatic rings. The summed E-state index contributed by atoms with van der Waals surface area (Å²) in [4.78, 5) is 35.6. The lowest BCUT2D eigenvalue weighted by Crippen LogP contribution is -2.61. The number of ether oxygens (including phenoxy) is 1. The molecule has 3 rings (SSSR count). The summed E-state index contributed by atoms with van der Waals surface area (Å²) in [6, 6.07) is 0. The molecule has 5 nitrogen and oxygen atoms in total. The number of carbonyl (C=O) groups excluding carboxylic acids is 2. The van der Waals surface area contributed by atoms with E-state index in [9.17, 15) is 19.5 Å². The summed E-state index contributed by atoms with van der Waals surface area (Å²) < 4.78 is 5.39. The predicted molar refractivity (Wildman–Crippen MR) is 91.8 cm³/mol. The summed E-state index contributed by atoms with van der Waals surface area (Å²) >= 11 is 0. The third-order valence-corrected chi connectivity index (χ3v) is 7.70. The molecule has 0 aromatic rings. The van der Waals surface area contributed by atoms with Crippen LogP contribution in [0.5, 0.6) is 0 Å². The lowest BCUT2D eigenvalue weighted by molar-refractivity contribution is -0.193. The SMILES string of the molecule is CC(=O)OC[C@]1(C)CCC[C@]2(C)[C@@H]1CC[C@@]1(C(=O)O)CC(=O)CC[C@H]12. The molecule has 0 radical (unpaired) electrons. The average Bonchev–Trinajstić information content (AvgIpc) is 2.52. The summed E-state index contributed by atoms with van der Waals surface area (Å²) in [5, 5.41) is 10.0. The molecule has 0 aliphatic heterocycles. The topological polar surface area (TPSA) is 80.7 Å². The van der Waals surface area contributed by atoms with Crippen molar-refractivity contribution in [1.29, 1.82) is 0 Å². The Kier molecular flexibility index (Phi) is 4.49. The van der Waals surface area contributed by atoms with Gasteiger partial charge in [0, 0.05) is 25.2 Å². The van der Waals surface area contributed by atoms with Crippen LogP contribution in [0.1, 0.15) is 72.1 Å². The number of hydrogen-bond acceptors (Lipinski definition) is 4. The Morgan fingerprint density at radius 3 is 2.52 bits per heavy atom. The van der Waals surface area contributed by atoms with Gasteiger partial charge in [-0.15, -0.1) is 0 Å². The monoisotopic (exact) mass is 350 g/mol. The molecule has 3 saturated carbocycles. The second-order valence-electron chi connectivity index (χ2n) is 9.15. The zero-order chi connectivity index (χ0) is 18.5. The molecule has 3 aliphatic carbocycles. The van der Waals surface area contributed by atoms with Gasteiger partial charge >= 0.3 is 11.9 Å². The van der Waals surface area contributed by atoms with Crippen molar-refractivity contribution >= 4 is 17.7 Å². The van der Waals surface area contributed by atoms with Crippen LogP contribution in [-0.4, -0.2) is 29.4 Å². The Balaban J connectivity index is 1.96. The second-order valence-corrected chi connectivity index (χ2v) is 9.15. The minimum atomic E-state index is -0.889. The number of rotatable bonds is 3. The molecule has 0 aromatic heterocycles. The van der Waals surface area contributed by atoms with Crippen LogP contribution in [0, 0.1) is 28.1 Å². The first-order valence-electron chi connectivity index (χ1n) is 9.52. The van der Waals surface area contributed by atoms with Crippen molar-refractivity contribution in [2.75, 3.05) is 6.61 Å². The summed E-state index contributed by atoms with van der Waals surface area (Å²) in [5.41, 5.74) is -1.10. The van der Waals surface area contributed by atoms with Crippen LogP contribution in [0.2, 0.25) is 0 Å². The summed E-state index contributed by atoms with van der Waals surface area (Å²) in [5.74, 6) is -0.589. The lowest BCUT2D eigenvalue weighted by Gasteiger charge is -2.63. The molecule has 0 amide bonds. The van der Waals surface area contributed by atoms with Crippen molar-refractivity contribution in [2.24, 2.45) is 28.1 Å². The number of carboxylic acids is 1. The molecule has 140 valence electrons. The van der Waals surface area contributed by atoms with Crippen LogP contribution in [0.4, 0.5) is 0 Å². The number of aliphatic carboxylic acids is 1. The van der Waals surface area contributed by atoms with Crippen LogP contribution in [0.15, 0.2) is 0 Å². The van der Waals surface area contributed by atoms with Gasteiger partial charge < -0.3 is 9.84 Å². The van der Waals surface area contributed by atoms with Gasteiger partial charge in [0.1, 0.15) is 5.78 Å². The number of ketones is 1. The van der Waals surface area contributed by atoms with E-state index >= 15 is 0 Å². The van der Waals surface area contributed by atoms with Gasteiger partial charge in [0.15, 0.2) is 0 Å². The van der Waals surface area contributed by atoms with Crippen molar-refractivity contribution in [1.82, 2.24) is 0 Å². The molecule has 3 fully saturated rings. The van der Waals surface area contributed by atoms with Crippen molar-refractivity contribution < 1.29 is 24.2 Å². The molecular formula is C20H30O5. The molecule has 0 aromatic carbocycles. The van der Waals surface area contributed by atoms with Gasteiger partial charge in [0.25, 0.3) is 0 Å². The van der Waals surface area contributed by atoms with Crippen LogP contribution < -0.4 is 0 Å². The standard InChI is InChI=1S/C20H30O5/c1-13(21)25-12-18(2)8-4-9-19(3)15(18)7-10-20(17(23)24)11-14(22)5-6-16(19)20/h15-16H,4-12H2,1-3H3,(H,23,24)/t15-,16+,18+,19-,20-/m1/s1. The van der Waals surface area contributed by atoms with Crippen LogP contribution in [0.3, 0.4) is 0 Å². The maximum atomic E-state index is 12.2. The van der Waals surface area contributed by atoms with E-state index in [0.717, 1.165) is 25.7 Å². The van der Waals surface area contributed by atoms with Crippen LogP contribution in [0.25, 0.3) is 0 Å². The molecule has 0 bridgehead atoms. The van der Waals surface area contributed by atoms with E-state index in [1.165, 1.54) is 6.92 Å². The Morgan fingerprint density at radius 1 is 1.16 bits per heavy atom. The van der Waals surface area contributed by atoms with E-state index in [4.69, 9.17) is 4.74 Å². The first kappa shape index (κ1) is 18.4. The highest BCUT2D eigenvalue weighted by Gasteiger charge is 2.64. The highest BCUT2D eigenvalue weighted by molar-refractivity contribution is 5.88. The Labute approximate surface area is 149 Å². The van der Waals surface area contributed by atoms with Crippen molar-refractivity contribution in [2.45, 2.75) is 72.1 Å². The normalized spacial score (nSPS) is 43.7.